The normalized spacial score (nSPS) is 11.1. The van der Waals surface area contributed by atoms with Crippen molar-refractivity contribution in [3.63, 3.8) is 0 Å². The summed E-state index contributed by atoms with van der Waals surface area (Å²) in [5.74, 6) is -0.00272. The van der Waals surface area contributed by atoms with E-state index in [0.717, 1.165) is 0 Å². The van der Waals surface area contributed by atoms with Crippen LogP contribution in [0, 0.1) is 0 Å². The van der Waals surface area contributed by atoms with E-state index in [1.54, 1.807) is 36.4 Å². The van der Waals surface area contributed by atoms with Crippen molar-refractivity contribution in [3.05, 3.63) is 66.2 Å². The second kappa shape index (κ2) is 6.93. The van der Waals surface area contributed by atoms with E-state index in [2.05, 4.69) is 0 Å². The molecule has 0 aliphatic carbocycles. The molecule has 2 rings (SSSR count). The molecule has 0 amide bonds. The Hall–Kier alpha value is -1.83. The van der Waals surface area contributed by atoms with Gasteiger partial charge in [-0.05, 0) is 16.7 Å². The SMILES string of the molecule is O=C(CCO[P+](=O)c1ccccc1)c1ccccc1. The van der Waals surface area contributed by atoms with Gasteiger partial charge >= 0.3 is 8.03 Å². The fraction of sp³-hybridized carbons (Fsp3) is 0.133. The largest absolute Gasteiger partial charge is 0.548 e. The molecule has 2 aromatic carbocycles. The lowest BCUT2D eigenvalue weighted by Gasteiger charge is -1.97. The molecule has 0 aliphatic heterocycles. The topological polar surface area (TPSA) is 43.4 Å². The van der Waals surface area contributed by atoms with Gasteiger partial charge in [-0.1, -0.05) is 48.5 Å². The highest BCUT2D eigenvalue weighted by Crippen LogP contribution is 2.21. The van der Waals surface area contributed by atoms with Gasteiger partial charge in [0.1, 0.15) is 6.61 Å². The van der Waals surface area contributed by atoms with E-state index in [0.29, 0.717) is 10.9 Å². The van der Waals surface area contributed by atoms with Crippen molar-refractivity contribution in [3.8, 4) is 0 Å². The molecule has 0 fully saturated rings. The third-order valence-electron chi connectivity index (χ3n) is 2.60. The van der Waals surface area contributed by atoms with E-state index in [9.17, 15) is 9.36 Å². The van der Waals surface area contributed by atoms with Gasteiger partial charge in [-0.3, -0.25) is 4.79 Å². The molecular formula is C15H14O3P+. The molecule has 0 saturated carbocycles. The maximum Gasteiger partial charge on any atom is 0.548 e. The van der Waals surface area contributed by atoms with Crippen LogP contribution >= 0.6 is 8.03 Å². The van der Waals surface area contributed by atoms with Crippen LogP contribution in [-0.2, 0) is 9.09 Å². The van der Waals surface area contributed by atoms with E-state index in [4.69, 9.17) is 4.52 Å². The van der Waals surface area contributed by atoms with Crippen molar-refractivity contribution < 1.29 is 13.9 Å². The molecule has 4 heteroatoms. The average Bonchev–Trinajstić information content (AvgIpc) is 2.49. The summed E-state index contributed by atoms with van der Waals surface area (Å²) in [7, 11) is -1.88. The molecule has 1 atom stereocenters. The highest BCUT2D eigenvalue weighted by Gasteiger charge is 2.21. The van der Waals surface area contributed by atoms with Crippen LogP contribution in [0.15, 0.2) is 60.7 Å². The zero-order valence-corrected chi connectivity index (χ0v) is 11.3. The van der Waals surface area contributed by atoms with Crippen LogP contribution < -0.4 is 5.30 Å². The summed E-state index contributed by atoms with van der Waals surface area (Å²) in [6.07, 6.45) is 0.234. The molecular weight excluding hydrogens is 259 g/mol. The molecule has 96 valence electrons. The first-order chi connectivity index (χ1) is 9.27. The summed E-state index contributed by atoms with van der Waals surface area (Å²) < 4.78 is 17.0. The predicted molar refractivity (Wildman–Crippen MR) is 75.0 cm³/mol. The van der Waals surface area contributed by atoms with Gasteiger partial charge in [-0.25, -0.2) is 0 Å². The molecule has 19 heavy (non-hydrogen) atoms. The Morgan fingerprint density at radius 3 is 2.16 bits per heavy atom. The van der Waals surface area contributed by atoms with Gasteiger partial charge in [0.25, 0.3) is 0 Å². The Bertz CT molecular complexity index is 501. The number of ketones is 1. The predicted octanol–water partition coefficient (Wildman–Crippen LogP) is 3.34. The monoisotopic (exact) mass is 273 g/mol. The van der Waals surface area contributed by atoms with E-state index in [-0.39, 0.29) is 18.8 Å². The van der Waals surface area contributed by atoms with Gasteiger partial charge in [-0.15, -0.1) is 4.52 Å². The molecule has 0 spiro atoms. The van der Waals surface area contributed by atoms with Crippen LogP contribution in [0.2, 0.25) is 0 Å². The second-order valence-corrected chi connectivity index (χ2v) is 5.25. The minimum atomic E-state index is -1.88. The van der Waals surface area contributed by atoms with Crippen LogP contribution in [0.4, 0.5) is 0 Å². The van der Waals surface area contributed by atoms with E-state index in [1.165, 1.54) is 0 Å². The Morgan fingerprint density at radius 1 is 0.947 bits per heavy atom. The zero-order valence-electron chi connectivity index (χ0n) is 10.4. The first kappa shape index (κ1) is 13.6. The average molecular weight is 273 g/mol. The number of rotatable bonds is 6. The summed E-state index contributed by atoms with van der Waals surface area (Å²) >= 11 is 0. The number of carbonyl (C=O) groups excluding carboxylic acids is 1. The molecule has 0 aliphatic rings. The minimum Gasteiger partial charge on any atom is -0.294 e. The van der Waals surface area contributed by atoms with Crippen LogP contribution in [-0.4, -0.2) is 12.4 Å². The van der Waals surface area contributed by atoms with Crippen molar-refractivity contribution in [2.45, 2.75) is 6.42 Å². The van der Waals surface area contributed by atoms with Crippen LogP contribution in [0.3, 0.4) is 0 Å². The first-order valence-corrected chi connectivity index (χ1v) is 7.18. The standard InChI is InChI=1S/C15H14O3P/c16-15(13-7-3-1-4-8-13)11-12-18-19(17)14-9-5-2-6-10-14/h1-10H,11-12H2/q+1. The van der Waals surface area contributed by atoms with Gasteiger partial charge in [0.05, 0.1) is 0 Å². The van der Waals surface area contributed by atoms with Crippen molar-refractivity contribution >= 4 is 19.1 Å². The number of benzene rings is 2. The zero-order chi connectivity index (χ0) is 13.5. The molecule has 3 nitrogen and oxygen atoms in total. The molecule has 0 N–H and O–H groups in total. The van der Waals surface area contributed by atoms with Crippen LogP contribution in [0.5, 0.6) is 0 Å². The van der Waals surface area contributed by atoms with Crippen LogP contribution in [0.25, 0.3) is 0 Å². The number of carbonyl (C=O) groups is 1. The summed E-state index contributed by atoms with van der Waals surface area (Å²) in [5, 5.41) is 0.643. The number of hydrogen-bond donors (Lipinski definition) is 0. The highest BCUT2D eigenvalue weighted by atomic mass is 31.1. The molecule has 2 aromatic rings. The van der Waals surface area contributed by atoms with Crippen molar-refractivity contribution in [1.82, 2.24) is 0 Å². The fourth-order valence-electron chi connectivity index (χ4n) is 1.61. The third-order valence-corrected chi connectivity index (χ3v) is 3.74. The second-order valence-electron chi connectivity index (χ2n) is 3.97. The van der Waals surface area contributed by atoms with Crippen molar-refractivity contribution in [2.75, 3.05) is 6.61 Å². The molecule has 1 unspecified atom stereocenters. The van der Waals surface area contributed by atoms with E-state index < -0.39 is 8.03 Å². The van der Waals surface area contributed by atoms with Crippen molar-refractivity contribution in [2.24, 2.45) is 0 Å². The lowest BCUT2D eigenvalue weighted by molar-refractivity contribution is 0.0965. The maximum absolute atomic E-state index is 11.8. The molecule has 0 bridgehead atoms. The Labute approximate surface area is 113 Å². The molecule has 0 heterocycles. The number of hydrogen-bond acceptors (Lipinski definition) is 3. The van der Waals surface area contributed by atoms with E-state index >= 15 is 0 Å². The maximum atomic E-state index is 11.8. The smallest absolute Gasteiger partial charge is 0.294 e. The Balaban J connectivity index is 1.81. The Kier molecular flexibility index (Phi) is 4.96. The first-order valence-electron chi connectivity index (χ1n) is 6.01. The van der Waals surface area contributed by atoms with Gasteiger partial charge < -0.3 is 0 Å². The summed E-state index contributed by atoms with van der Waals surface area (Å²) in [6.45, 7) is 0.165. The summed E-state index contributed by atoms with van der Waals surface area (Å²) in [6, 6.07) is 18.0. The fourth-order valence-corrected chi connectivity index (χ4v) is 2.44. The molecule has 0 saturated heterocycles. The Morgan fingerprint density at radius 2 is 1.53 bits per heavy atom. The minimum absolute atomic E-state index is 0.00272. The highest BCUT2D eigenvalue weighted by molar-refractivity contribution is 7.48. The quantitative estimate of drug-likeness (QED) is 0.599. The lowest BCUT2D eigenvalue weighted by atomic mass is 10.1. The molecule has 0 radical (unpaired) electrons. The molecule has 0 aromatic heterocycles. The van der Waals surface area contributed by atoms with Gasteiger partial charge in [0, 0.05) is 12.0 Å². The van der Waals surface area contributed by atoms with Gasteiger partial charge in [0.2, 0.25) is 5.30 Å². The summed E-state index contributed by atoms with van der Waals surface area (Å²) in [4.78, 5) is 11.8. The summed E-state index contributed by atoms with van der Waals surface area (Å²) in [5.41, 5.74) is 0.654. The van der Waals surface area contributed by atoms with Gasteiger partial charge in [0.15, 0.2) is 5.78 Å². The van der Waals surface area contributed by atoms with E-state index in [1.807, 2.05) is 24.3 Å². The number of Topliss-reactive ketones (excluding diaryl/α,β-unsaturated/α-hetero) is 1. The lowest BCUT2D eigenvalue weighted by Crippen LogP contribution is -2.04. The van der Waals surface area contributed by atoms with Crippen molar-refractivity contribution in [1.29, 1.82) is 0 Å². The third kappa shape index (κ3) is 4.09. The van der Waals surface area contributed by atoms with Crippen LogP contribution in [0.1, 0.15) is 16.8 Å². The van der Waals surface area contributed by atoms with Gasteiger partial charge in [-0.2, -0.15) is 0 Å².